The van der Waals surface area contributed by atoms with Crippen molar-refractivity contribution in [3.63, 3.8) is 0 Å². The van der Waals surface area contributed by atoms with Gasteiger partial charge in [-0.1, -0.05) is 17.7 Å². The molecule has 0 bridgehead atoms. The molecule has 0 aliphatic carbocycles. The molecule has 1 atom stereocenters. The summed E-state index contributed by atoms with van der Waals surface area (Å²) in [4.78, 5) is 0. The van der Waals surface area contributed by atoms with Gasteiger partial charge in [0, 0.05) is 11.4 Å². The number of halogens is 4. The van der Waals surface area contributed by atoms with Crippen molar-refractivity contribution in [2.45, 2.75) is 12.5 Å². The Labute approximate surface area is 123 Å². The van der Waals surface area contributed by atoms with Gasteiger partial charge in [-0.05, 0) is 57.4 Å². The third kappa shape index (κ3) is 3.53. The van der Waals surface area contributed by atoms with E-state index in [0.29, 0.717) is 16.1 Å². The highest BCUT2D eigenvalue weighted by atomic mass is 79.9. The van der Waals surface area contributed by atoms with Crippen LogP contribution in [0.1, 0.15) is 17.2 Å². The van der Waals surface area contributed by atoms with Crippen LogP contribution in [-0.2, 0) is 6.42 Å². The minimum atomic E-state index is -0.879. The van der Waals surface area contributed by atoms with Gasteiger partial charge in [-0.3, -0.25) is 0 Å². The van der Waals surface area contributed by atoms with Crippen molar-refractivity contribution in [1.82, 2.24) is 0 Å². The first-order valence-electron chi connectivity index (χ1n) is 5.54. The lowest BCUT2D eigenvalue weighted by Gasteiger charge is -2.13. The summed E-state index contributed by atoms with van der Waals surface area (Å²) in [7, 11) is 0. The summed E-state index contributed by atoms with van der Waals surface area (Å²) in [6.45, 7) is 0. The van der Waals surface area contributed by atoms with Crippen molar-refractivity contribution in [3.05, 3.63) is 68.7 Å². The Morgan fingerprint density at radius 1 is 1.16 bits per heavy atom. The molecule has 2 aromatic rings. The zero-order valence-corrected chi connectivity index (χ0v) is 12.0. The molecule has 0 amide bonds. The SMILES string of the molecule is OC(Cc1cc(F)ccc1Cl)c1ccc(F)c(Br)c1. The minimum Gasteiger partial charge on any atom is -0.388 e. The molecule has 0 aliphatic rings. The Kier molecular flexibility index (Phi) is 4.55. The third-order valence-electron chi connectivity index (χ3n) is 2.75. The van der Waals surface area contributed by atoms with Crippen molar-refractivity contribution < 1.29 is 13.9 Å². The standard InChI is InChI=1S/C14H10BrClF2O/c15-11-6-8(1-4-13(11)18)14(19)7-9-5-10(17)2-3-12(9)16/h1-6,14,19H,7H2. The largest absolute Gasteiger partial charge is 0.388 e. The first-order chi connectivity index (χ1) is 8.97. The molecule has 5 heteroatoms. The van der Waals surface area contributed by atoms with Gasteiger partial charge in [0.1, 0.15) is 11.6 Å². The summed E-state index contributed by atoms with van der Waals surface area (Å²) in [5.74, 6) is -0.813. The molecule has 0 spiro atoms. The molecule has 0 saturated heterocycles. The van der Waals surface area contributed by atoms with Gasteiger partial charge in [-0.25, -0.2) is 8.78 Å². The van der Waals surface area contributed by atoms with Gasteiger partial charge >= 0.3 is 0 Å². The van der Waals surface area contributed by atoms with E-state index in [9.17, 15) is 13.9 Å². The monoisotopic (exact) mass is 346 g/mol. The number of hydrogen-bond donors (Lipinski definition) is 1. The van der Waals surface area contributed by atoms with Gasteiger partial charge in [-0.2, -0.15) is 0 Å². The zero-order chi connectivity index (χ0) is 14.0. The fourth-order valence-electron chi connectivity index (χ4n) is 1.75. The molecule has 1 unspecified atom stereocenters. The Bertz CT molecular complexity index is 604. The average Bonchev–Trinajstić information content (AvgIpc) is 2.37. The van der Waals surface area contributed by atoms with Crippen LogP contribution in [0, 0.1) is 11.6 Å². The van der Waals surface area contributed by atoms with E-state index in [-0.39, 0.29) is 10.9 Å². The van der Waals surface area contributed by atoms with Crippen LogP contribution >= 0.6 is 27.5 Å². The van der Waals surface area contributed by atoms with Crippen LogP contribution in [0.5, 0.6) is 0 Å². The third-order valence-corrected chi connectivity index (χ3v) is 3.73. The number of benzene rings is 2. The lowest BCUT2D eigenvalue weighted by molar-refractivity contribution is 0.178. The van der Waals surface area contributed by atoms with E-state index in [0.717, 1.165) is 0 Å². The van der Waals surface area contributed by atoms with Crippen LogP contribution in [0.4, 0.5) is 8.78 Å². The highest BCUT2D eigenvalue weighted by Gasteiger charge is 2.13. The lowest BCUT2D eigenvalue weighted by atomic mass is 10.0. The molecule has 19 heavy (non-hydrogen) atoms. The average molecular weight is 348 g/mol. The van der Waals surface area contributed by atoms with Gasteiger partial charge in [0.15, 0.2) is 0 Å². The molecule has 1 nitrogen and oxygen atoms in total. The summed E-state index contributed by atoms with van der Waals surface area (Å²) in [6, 6.07) is 8.22. The second-order valence-electron chi connectivity index (χ2n) is 4.13. The molecular formula is C14H10BrClF2O. The molecule has 0 heterocycles. The topological polar surface area (TPSA) is 20.2 Å². The van der Waals surface area contributed by atoms with Crippen LogP contribution in [0.25, 0.3) is 0 Å². The number of rotatable bonds is 3. The quantitative estimate of drug-likeness (QED) is 0.856. The number of hydrogen-bond acceptors (Lipinski definition) is 1. The van der Waals surface area contributed by atoms with Gasteiger partial charge < -0.3 is 5.11 Å². The predicted molar refractivity (Wildman–Crippen MR) is 74.2 cm³/mol. The summed E-state index contributed by atoms with van der Waals surface area (Å²) >= 11 is 8.99. The maximum atomic E-state index is 13.1. The van der Waals surface area contributed by atoms with Gasteiger partial charge in [-0.15, -0.1) is 0 Å². The highest BCUT2D eigenvalue weighted by Crippen LogP contribution is 2.26. The van der Waals surface area contributed by atoms with E-state index in [1.165, 1.54) is 36.4 Å². The fraction of sp³-hybridized carbons (Fsp3) is 0.143. The first kappa shape index (κ1) is 14.4. The normalized spacial score (nSPS) is 12.5. The van der Waals surface area contributed by atoms with Crippen molar-refractivity contribution in [1.29, 1.82) is 0 Å². The van der Waals surface area contributed by atoms with E-state index in [1.54, 1.807) is 0 Å². The Balaban J connectivity index is 2.22. The van der Waals surface area contributed by atoms with Gasteiger partial charge in [0.05, 0.1) is 10.6 Å². The van der Waals surface area contributed by atoms with E-state index in [2.05, 4.69) is 15.9 Å². The maximum Gasteiger partial charge on any atom is 0.137 e. The minimum absolute atomic E-state index is 0.161. The van der Waals surface area contributed by atoms with E-state index in [4.69, 9.17) is 11.6 Å². The summed E-state index contributed by atoms with van der Waals surface area (Å²) in [6.07, 6.45) is -0.717. The van der Waals surface area contributed by atoms with Gasteiger partial charge in [0.2, 0.25) is 0 Å². The van der Waals surface area contributed by atoms with Crippen molar-refractivity contribution in [2.75, 3.05) is 0 Å². The highest BCUT2D eigenvalue weighted by molar-refractivity contribution is 9.10. The molecule has 0 aliphatic heterocycles. The molecule has 0 saturated carbocycles. The molecule has 1 N–H and O–H groups in total. The smallest absolute Gasteiger partial charge is 0.137 e. The molecule has 0 aromatic heterocycles. The van der Waals surface area contributed by atoms with Crippen molar-refractivity contribution in [3.8, 4) is 0 Å². The second kappa shape index (κ2) is 5.99. The summed E-state index contributed by atoms with van der Waals surface area (Å²) in [5.41, 5.74) is 1.04. The Morgan fingerprint density at radius 3 is 2.58 bits per heavy atom. The van der Waals surface area contributed by atoms with Crippen LogP contribution in [0.3, 0.4) is 0 Å². The first-order valence-corrected chi connectivity index (χ1v) is 6.71. The molecule has 100 valence electrons. The molecule has 2 aromatic carbocycles. The fourth-order valence-corrected chi connectivity index (χ4v) is 2.34. The van der Waals surface area contributed by atoms with E-state index < -0.39 is 17.7 Å². The second-order valence-corrected chi connectivity index (χ2v) is 5.39. The van der Waals surface area contributed by atoms with Crippen LogP contribution in [0.15, 0.2) is 40.9 Å². The summed E-state index contributed by atoms with van der Waals surface area (Å²) in [5, 5.41) is 10.5. The molecule has 0 fully saturated rings. The van der Waals surface area contributed by atoms with Crippen LogP contribution < -0.4 is 0 Å². The van der Waals surface area contributed by atoms with Crippen molar-refractivity contribution in [2.24, 2.45) is 0 Å². The Hall–Kier alpha value is -0.970. The Morgan fingerprint density at radius 2 is 1.89 bits per heavy atom. The van der Waals surface area contributed by atoms with Crippen LogP contribution in [0.2, 0.25) is 5.02 Å². The predicted octanol–water partition coefficient (Wildman–Crippen LogP) is 4.66. The van der Waals surface area contributed by atoms with E-state index >= 15 is 0 Å². The van der Waals surface area contributed by atoms with Crippen LogP contribution in [-0.4, -0.2) is 5.11 Å². The number of aliphatic hydroxyl groups is 1. The molecular weight excluding hydrogens is 338 g/mol. The molecule has 2 rings (SSSR count). The lowest BCUT2D eigenvalue weighted by Crippen LogP contribution is -2.03. The summed E-state index contributed by atoms with van der Waals surface area (Å²) < 4.78 is 26.5. The van der Waals surface area contributed by atoms with E-state index in [1.807, 2.05) is 0 Å². The van der Waals surface area contributed by atoms with Gasteiger partial charge in [0.25, 0.3) is 0 Å². The maximum absolute atomic E-state index is 13.1. The zero-order valence-electron chi connectivity index (χ0n) is 9.71. The number of aliphatic hydroxyl groups excluding tert-OH is 1. The van der Waals surface area contributed by atoms with Crippen molar-refractivity contribution >= 4 is 27.5 Å². The molecule has 0 radical (unpaired) electrons.